The van der Waals surface area contributed by atoms with Crippen molar-refractivity contribution in [1.82, 2.24) is 9.21 Å². The molecule has 2 aromatic rings. The van der Waals surface area contributed by atoms with Crippen molar-refractivity contribution in [1.29, 1.82) is 0 Å². The summed E-state index contributed by atoms with van der Waals surface area (Å²) >= 11 is 5.39. The maximum Gasteiger partial charge on any atom is 0.243 e. The van der Waals surface area contributed by atoms with E-state index in [2.05, 4.69) is 41.5 Å². The molecule has 8 heteroatoms. The van der Waals surface area contributed by atoms with Gasteiger partial charge in [0.1, 0.15) is 0 Å². The van der Waals surface area contributed by atoms with Crippen molar-refractivity contribution in [3.63, 3.8) is 0 Å². The molecule has 1 saturated heterocycles. The molecule has 0 amide bonds. The molecule has 1 unspecified atom stereocenters. The second kappa shape index (κ2) is 9.87. The van der Waals surface area contributed by atoms with Gasteiger partial charge in [0.15, 0.2) is 5.11 Å². The third-order valence-electron chi connectivity index (χ3n) is 5.56. The third-order valence-corrected chi connectivity index (χ3v) is 7.68. The van der Waals surface area contributed by atoms with E-state index in [1.165, 1.54) is 5.56 Å². The maximum atomic E-state index is 12.8. The number of likely N-dealkylation sites (N-methyl/N-ethyl adjacent to an activating group) is 1. The lowest BCUT2D eigenvalue weighted by atomic mass is 9.99. The quantitative estimate of drug-likeness (QED) is 0.655. The molecule has 0 aromatic heterocycles. The largest absolute Gasteiger partial charge is 0.332 e. The van der Waals surface area contributed by atoms with Crippen LogP contribution in [0.25, 0.3) is 0 Å². The molecule has 6 nitrogen and oxygen atoms in total. The molecule has 3 rings (SSSR count). The Morgan fingerprint density at radius 2 is 1.47 bits per heavy atom. The fourth-order valence-electron chi connectivity index (χ4n) is 3.31. The summed E-state index contributed by atoms with van der Waals surface area (Å²) in [6.07, 6.45) is 1.10. The monoisotopic (exact) mass is 446 g/mol. The van der Waals surface area contributed by atoms with Crippen LogP contribution in [0.2, 0.25) is 0 Å². The maximum absolute atomic E-state index is 12.8. The van der Waals surface area contributed by atoms with Crippen LogP contribution in [0.5, 0.6) is 0 Å². The van der Waals surface area contributed by atoms with Crippen LogP contribution in [0.15, 0.2) is 53.4 Å². The second-order valence-corrected chi connectivity index (χ2v) is 10.1. The van der Waals surface area contributed by atoms with Crippen LogP contribution in [0, 0.1) is 0 Å². The van der Waals surface area contributed by atoms with Crippen LogP contribution in [-0.4, -0.2) is 56.0 Å². The van der Waals surface area contributed by atoms with Gasteiger partial charge in [-0.1, -0.05) is 26.0 Å². The number of benzene rings is 2. The fourth-order valence-corrected chi connectivity index (χ4v) is 4.97. The molecule has 0 aliphatic carbocycles. The summed E-state index contributed by atoms with van der Waals surface area (Å²) in [6.45, 7) is 6.92. The van der Waals surface area contributed by atoms with Gasteiger partial charge in [0.25, 0.3) is 0 Å². The van der Waals surface area contributed by atoms with Crippen molar-refractivity contribution in [2.45, 2.75) is 31.1 Å². The van der Waals surface area contributed by atoms with Crippen LogP contribution < -0.4 is 10.6 Å². The van der Waals surface area contributed by atoms with Gasteiger partial charge in [-0.3, -0.25) is 0 Å². The number of hydrogen-bond donors (Lipinski definition) is 2. The highest BCUT2D eigenvalue weighted by Crippen LogP contribution is 2.22. The standard InChI is InChI=1S/C22H30N4O2S2/c1-4-17(2)18-5-7-19(8-6-18)23-22(29)24-20-9-11-21(12-10-20)30(27,28)26-15-13-25(3)14-16-26/h5-12,17H,4,13-16H2,1-3H3,(H2,23,24,29). The summed E-state index contributed by atoms with van der Waals surface area (Å²) in [6, 6.07) is 15.0. The zero-order valence-electron chi connectivity index (χ0n) is 17.8. The summed E-state index contributed by atoms with van der Waals surface area (Å²) in [7, 11) is -1.46. The van der Waals surface area contributed by atoms with Crippen molar-refractivity contribution in [2.75, 3.05) is 43.9 Å². The van der Waals surface area contributed by atoms with Crippen molar-refractivity contribution in [2.24, 2.45) is 0 Å². The van der Waals surface area contributed by atoms with Crippen molar-refractivity contribution in [3.05, 3.63) is 54.1 Å². The molecule has 1 fully saturated rings. The molecule has 0 radical (unpaired) electrons. The Kier molecular flexibility index (Phi) is 7.46. The number of sulfonamides is 1. The molecule has 2 aromatic carbocycles. The van der Waals surface area contributed by atoms with Gasteiger partial charge in [-0.25, -0.2) is 8.42 Å². The van der Waals surface area contributed by atoms with Gasteiger partial charge in [-0.2, -0.15) is 4.31 Å². The second-order valence-electron chi connectivity index (χ2n) is 7.74. The van der Waals surface area contributed by atoms with E-state index in [1.54, 1.807) is 28.6 Å². The summed E-state index contributed by atoms with van der Waals surface area (Å²) in [5, 5.41) is 6.73. The Morgan fingerprint density at radius 1 is 0.967 bits per heavy atom. The fraction of sp³-hybridized carbons (Fsp3) is 0.409. The Hall–Kier alpha value is -2.00. The summed E-state index contributed by atoms with van der Waals surface area (Å²) in [4.78, 5) is 2.43. The number of hydrogen-bond acceptors (Lipinski definition) is 4. The predicted molar refractivity (Wildman–Crippen MR) is 128 cm³/mol. The zero-order valence-corrected chi connectivity index (χ0v) is 19.4. The Labute approximate surface area is 185 Å². The highest BCUT2D eigenvalue weighted by Gasteiger charge is 2.27. The minimum Gasteiger partial charge on any atom is -0.332 e. The van der Waals surface area contributed by atoms with E-state index in [4.69, 9.17) is 12.2 Å². The Bertz CT molecular complexity index is 952. The molecule has 162 valence electrons. The number of nitrogens with one attached hydrogen (secondary N) is 2. The van der Waals surface area contributed by atoms with Crippen LogP contribution in [-0.2, 0) is 10.0 Å². The molecular formula is C22H30N4O2S2. The molecule has 1 atom stereocenters. The van der Waals surface area contributed by atoms with Crippen LogP contribution in [0.4, 0.5) is 11.4 Å². The average molecular weight is 447 g/mol. The molecule has 0 spiro atoms. The van der Waals surface area contributed by atoms with Crippen LogP contribution >= 0.6 is 12.2 Å². The molecule has 2 N–H and O–H groups in total. The first-order valence-electron chi connectivity index (χ1n) is 10.3. The number of piperazine rings is 1. The first kappa shape index (κ1) is 22.7. The molecule has 30 heavy (non-hydrogen) atoms. The molecule has 1 heterocycles. The van der Waals surface area contributed by atoms with E-state index < -0.39 is 10.0 Å². The van der Waals surface area contributed by atoms with E-state index in [0.717, 1.165) is 30.9 Å². The topological polar surface area (TPSA) is 64.7 Å². The zero-order chi connectivity index (χ0) is 21.7. The Morgan fingerprint density at radius 3 is 1.97 bits per heavy atom. The highest BCUT2D eigenvalue weighted by atomic mass is 32.2. The van der Waals surface area contributed by atoms with Crippen molar-refractivity contribution < 1.29 is 8.42 Å². The van der Waals surface area contributed by atoms with Gasteiger partial charge in [-0.05, 0) is 73.6 Å². The number of thiocarbonyl (C=S) groups is 1. The number of rotatable bonds is 6. The minimum absolute atomic E-state index is 0.303. The highest BCUT2D eigenvalue weighted by molar-refractivity contribution is 7.89. The lowest BCUT2D eigenvalue weighted by Crippen LogP contribution is -2.46. The number of nitrogens with zero attached hydrogens (tertiary/aromatic N) is 2. The van der Waals surface area contributed by atoms with Gasteiger partial charge in [0.05, 0.1) is 4.90 Å². The smallest absolute Gasteiger partial charge is 0.243 e. The summed E-state index contributed by atoms with van der Waals surface area (Å²) in [5.41, 5.74) is 2.95. The predicted octanol–water partition coefficient (Wildman–Crippen LogP) is 3.95. The minimum atomic E-state index is -3.46. The molecule has 1 aliphatic rings. The first-order valence-corrected chi connectivity index (χ1v) is 12.1. The van der Waals surface area contributed by atoms with E-state index in [-0.39, 0.29) is 0 Å². The van der Waals surface area contributed by atoms with Gasteiger partial charge in [0.2, 0.25) is 10.0 Å². The lowest BCUT2D eigenvalue weighted by molar-refractivity contribution is 0.222. The van der Waals surface area contributed by atoms with Gasteiger partial charge < -0.3 is 15.5 Å². The number of anilines is 2. The lowest BCUT2D eigenvalue weighted by Gasteiger charge is -2.31. The molecular weight excluding hydrogens is 416 g/mol. The normalized spacial score (nSPS) is 16.8. The third kappa shape index (κ3) is 5.57. The SMILES string of the molecule is CCC(C)c1ccc(NC(=S)Nc2ccc(S(=O)(=O)N3CCN(C)CC3)cc2)cc1. The van der Waals surface area contributed by atoms with Crippen LogP contribution in [0.3, 0.4) is 0 Å². The molecule has 0 saturated carbocycles. The van der Waals surface area contributed by atoms with Crippen molar-refractivity contribution >= 4 is 38.7 Å². The van der Waals surface area contributed by atoms with Gasteiger partial charge in [-0.15, -0.1) is 0 Å². The van der Waals surface area contributed by atoms with E-state index >= 15 is 0 Å². The van der Waals surface area contributed by atoms with Gasteiger partial charge in [0, 0.05) is 37.6 Å². The van der Waals surface area contributed by atoms with Crippen LogP contribution in [0.1, 0.15) is 31.7 Å². The van der Waals surface area contributed by atoms with E-state index in [1.807, 2.05) is 19.2 Å². The molecule has 0 bridgehead atoms. The van der Waals surface area contributed by atoms with Gasteiger partial charge >= 0.3 is 0 Å². The van der Waals surface area contributed by atoms with E-state index in [9.17, 15) is 8.42 Å². The molecule has 1 aliphatic heterocycles. The summed E-state index contributed by atoms with van der Waals surface area (Å²) in [5.74, 6) is 0.532. The van der Waals surface area contributed by atoms with E-state index in [0.29, 0.717) is 29.0 Å². The Balaban J connectivity index is 1.59. The van der Waals surface area contributed by atoms with Crippen molar-refractivity contribution in [3.8, 4) is 0 Å². The first-order chi connectivity index (χ1) is 14.3. The average Bonchev–Trinajstić information content (AvgIpc) is 2.74. The summed E-state index contributed by atoms with van der Waals surface area (Å²) < 4.78 is 27.2.